The van der Waals surface area contributed by atoms with Crippen molar-refractivity contribution in [2.24, 2.45) is 13.0 Å². The van der Waals surface area contributed by atoms with Gasteiger partial charge in [0.1, 0.15) is 17.4 Å². The highest BCUT2D eigenvalue weighted by atomic mass is 15.1. The lowest BCUT2D eigenvalue weighted by molar-refractivity contribution is 0.535. The van der Waals surface area contributed by atoms with Gasteiger partial charge in [0.05, 0.1) is 11.1 Å². The summed E-state index contributed by atoms with van der Waals surface area (Å²) in [7, 11) is 2.02. The van der Waals surface area contributed by atoms with Gasteiger partial charge in [0.2, 0.25) is 0 Å². The van der Waals surface area contributed by atoms with Gasteiger partial charge in [-0.15, -0.1) is 0 Å². The van der Waals surface area contributed by atoms with Crippen LogP contribution >= 0.6 is 0 Å². The molecule has 0 radical (unpaired) electrons. The van der Waals surface area contributed by atoms with Gasteiger partial charge in [-0.2, -0.15) is 5.26 Å². The molecule has 88 valence electrons. The maximum atomic E-state index is 9.06. The van der Waals surface area contributed by atoms with Gasteiger partial charge >= 0.3 is 0 Å². The fourth-order valence-electron chi connectivity index (χ4n) is 1.99. The van der Waals surface area contributed by atoms with Crippen LogP contribution in [0.1, 0.15) is 31.7 Å². The number of nitriles is 1. The molecule has 17 heavy (non-hydrogen) atoms. The Morgan fingerprint density at radius 2 is 2.24 bits per heavy atom. The van der Waals surface area contributed by atoms with Crippen molar-refractivity contribution in [3.63, 3.8) is 0 Å². The van der Waals surface area contributed by atoms with E-state index < -0.39 is 0 Å². The lowest BCUT2D eigenvalue weighted by atomic mass is 10.1. The van der Waals surface area contributed by atoms with Crippen LogP contribution in [-0.2, 0) is 13.5 Å². The summed E-state index contributed by atoms with van der Waals surface area (Å²) in [6.45, 7) is 4.42. The van der Waals surface area contributed by atoms with Crippen molar-refractivity contribution in [1.29, 1.82) is 5.26 Å². The minimum absolute atomic E-state index is 0.621. The third kappa shape index (κ3) is 2.03. The smallest absolute Gasteiger partial charge is 0.109 e. The van der Waals surface area contributed by atoms with Crippen LogP contribution in [0.15, 0.2) is 18.2 Å². The summed E-state index contributed by atoms with van der Waals surface area (Å²) in [5.74, 6) is 1.69. The van der Waals surface area contributed by atoms with E-state index in [2.05, 4.69) is 29.5 Å². The molecule has 1 unspecified atom stereocenters. The van der Waals surface area contributed by atoms with Crippen molar-refractivity contribution in [2.75, 3.05) is 0 Å². The maximum Gasteiger partial charge on any atom is 0.109 e. The van der Waals surface area contributed by atoms with Gasteiger partial charge in [-0.1, -0.05) is 26.3 Å². The lowest BCUT2D eigenvalue weighted by Crippen LogP contribution is -2.04. The summed E-state index contributed by atoms with van der Waals surface area (Å²) < 4.78 is 2.10. The second kappa shape index (κ2) is 4.58. The predicted molar refractivity (Wildman–Crippen MR) is 68.6 cm³/mol. The van der Waals surface area contributed by atoms with Gasteiger partial charge in [0, 0.05) is 13.5 Å². The van der Waals surface area contributed by atoms with E-state index in [9.17, 15) is 0 Å². The average Bonchev–Trinajstić information content (AvgIpc) is 2.66. The van der Waals surface area contributed by atoms with E-state index in [1.54, 1.807) is 0 Å². The number of rotatable bonds is 3. The van der Waals surface area contributed by atoms with Crippen LogP contribution in [0.5, 0.6) is 0 Å². The Morgan fingerprint density at radius 3 is 2.88 bits per heavy atom. The monoisotopic (exact) mass is 227 g/mol. The third-order valence-electron chi connectivity index (χ3n) is 3.35. The number of fused-ring (bicyclic) bond motifs is 1. The molecule has 0 aliphatic rings. The van der Waals surface area contributed by atoms with Crippen LogP contribution < -0.4 is 0 Å². The highest BCUT2D eigenvalue weighted by Crippen LogP contribution is 2.20. The van der Waals surface area contributed by atoms with Crippen LogP contribution in [-0.4, -0.2) is 9.55 Å². The van der Waals surface area contributed by atoms with Crippen molar-refractivity contribution in [2.45, 2.75) is 26.7 Å². The first-order chi connectivity index (χ1) is 8.17. The van der Waals surface area contributed by atoms with Crippen LogP contribution in [0, 0.1) is 17.2 Å². The fraction of sp³-hybridized carbons (Fsp3) is 0.429. The summed E-state index contributed by atoms with van der Waals surface area (Å²) >= 11 is 0. The van der Waals surface area contributed by atoms with Gasteiger partial charge < -0.3 is 4.57 Å². The van der Waals surface area contributed by atoms with Crippen LogP contribution in [0.25, 0.3) is 11.0 Å². The Morgan fingerprint density at radius 1 is 1.47 bits per heavy atom. The highest BCUT2D eigenvalue weighted by Gasteiger charge is 2.12. The molecular weight excluding hydrogens is 210 g/mol. The van der Waals surface area contributed by atoms with Crippen LogP contribution in [0.2, 0.25) is 0 Å². The molecule has 0 aliphatic carbocycles. The van der Waals surface area contributed by atoms with E-state index in [4.69, 9.17) is 5.26 Å². The quantitative estimate of drug-likeness (QED) is 0.808. The largest absolute Gasteiger partial charge is 0.331 e. The molecule has 1 aromatic carbocycles. The van der Waals surface area contributed by atoms with Gasteiger partial charge in [-0.3, -0.25) is 0 Å². The minimum atomic E-state index is 0.621. The summed E-state index contributed by atoms with van der Waals surface area (Å²) in [4.78, 5) is 4.61. The Balaban J connectivity index is 2.53. The standard InChI is InChI=1S/C14H17N3/c1-4-10(2)8-13-16-14-11(9-15)6-5-7-12(14)17(13)3/h5-7,10H,4,8H2,1-3H3. The molecule has 2 rings (SSSR count). The zero-order chi connectivity index (χ0) is 12.4. The number of aryl methyl sites for hydroxylation is 1. The molecule has 0 spiro atoms. The van der Waals surface area contributed by atoms with E-state index in [0.29, 0.717) is 11.5 Å². The normalized spacial score (nSPS) is 12.6. The van der Waals surface area contributed by atoms with Crippen molar-refractivity contribution in [3.8, 4) is 6.07 Å². The zero-order valence-corrected chi connectivity index (χ0v) is 10.6. The Hall–Kier alpha value is -1.82. The van der Waals surface area contributed by atoms with Gasteiger partial charge in [0.15, 0.2) is 0 Å². The van der Waals surface area contributed by atoms with Crippen molar-refractivity contribution in [1.82, 2.24) is 9.55 Å². The maximum absolute atomic E-state index is 9.06. The summed E-state index contributed by atoms with van der Waals surface area (Å²) in [5, 5.41) is 9.06. The number of para-hydroxylation sites is 1. The molecule has 2 aromatic rings. The lowest BCUT2D eigenvalue weighted by Gasteiger charge is -2.07. The SMILES string of the molecule is CCC(C)Cc1nc2c(C#N)cccc2n1C. The first-order valence-corrected chi connectivity index (χ1v) is 6.01. The van der Waals surface area contributed by atoms with E-state index in [1.165, 1.54) is 0 Å². The summed E-state index contributed by atoms with van der Waals surface area (Å²) in [5.41, 5.74) is 2.53. The van der Waals surface area contributed by atoms with Crippen molar-refractivity contribution in [3.05, 3.63) is 29.6 Å². The number of aromatic nitrogens is 2. The predicted octanol–water partition coefficient (Wildman–Crippen LogP) is 3.03. The molecule has 0 amide bonds. The molecule has 1 heterocycles. The first kappa shape index (κ1) is 11.7. The highest BCUT2D eigenvalue weighted by molar-refractivity contribution is 5.82. The zero-order valence-electron chi connectivity index (χ0n) is 10.6. The third-order valence-corrected chi connectivity index (χ3v) is 3.35. The number of nitrogens with zero attached hydrogens (tertiary/aromatic N) is 3. The molecule has 3 nitrogen and oxygen atoms in total. The topological polar surface area (TPSA) is 41.6 Å². The number of benzene rings is 1. The first-order valence-electron chi connectivity index (χ1n) is 6.01. The molecule has 0 bridgehead atoms. The van der Waals surface area contributed by atoms with Gasteiger partial charge in [0.25, 0.3) is 0 Å². The molecule has 0 saturated heterocycles. The van der Waals surface area contributed by atoms with Crippen molar-refractivity contribution >= 4 is 11.0 Å². The molecule has 1 aromatic heterocycles. The van der Waals surface area contributed by atoms with Crippen LogP contribution in [0.3, 0.4) is 0 Å². The second-order valence-corrected chi connectivity index (χ2v) is 4.59. The molecule has 0 saturated carbocycles. The van der Waals surface area contributed by atoms with E-state index >= 15 is 0 Å². The van der Waals surface area contributed by atoms with Crippen LogP contribution in [0.4, 0.5) is 0 Å². The fourth-order valence-corrected chi connectivity index (χ4v) is 1.99. The average molecular weight is 227 g/mol. The van der Waals surface area contributed by atoms with E-state index in [0.717, 1.165) is 29.7 Å². The molecule has 3 heteroatoms. The molecule has 1 atom stereocenters. The second-order valence-electron chi connectivity index (χ2n) is 4.59. The van der Waals surface area contributed by atoms with Crippen molar-refractivity contribution < 1.29 is 0 Å². The Labute approximate surface area is 102 Å². The van der Waals surface area contributed by atoms with Gasteiger partial charge in [-0.25, -0.2) is 4.98 Å². The molecule has 0 N–H and O–H groups in total. The number of imidazole rings is 1. The molecule has 0 aliphatic heterocycles. The van der Waals surface area contributed by atoms with E-state index in [-0.39, 0.29) is 0 Å². The number of hydrogen-bond acceptors (Lipinski definition) is 2. The summed E-state index contributed by atoms with van der Waals surface area (Å²) in [6, 6.07) is 7.95. The Bertz CT molecular complexity index is 575. The van der Waals surface area contributed by atoms with E-state index in [1.807, 2.05) is 25.2 Å². The molecule has 0 fully saturated rings. The Kier molecular flexibility index (Phi) is 3.14. The molecular formula is C14H17N3. The summed E-state index contributed by atoms with van der Waals surface area (Å²) in [6.07, 6.45) is 2.11. The number of hydrogen-bond donors (Lipinski definition) is 0. The van der Waals surface area contributed by atoms with Gasteiger partial charge in [-0.05, 0) is 18.1 Å². The minimum Gasteiger partial charge on any atom is -0.331 e.